The molecule has 5 nitrogen and oxygen atoms in total. The van der Waals surface area contributed by atoms with Gasteiger partial charge < -0.3 is 10.1 Å². The number of anilines is 1. The number of hydrogen-bond donors (Lipinski definition) is 1. The van der Waals surface area contributed by atoms with Gasteiger partial charge in [0.1, 0.15) is 17.9 Å². The zero-order valence-corrected chi connectivity index (χ0v) is 11.5. The van der Waals surface area contributed by atoms with E-state index in [4.69, 9.17) is 4.74 Å². The van der Waals surface area contributed by atoms with Crippen molar-refractivity contribution in [3.05, 3.63) is 30.4 Å². The zero-order valence-electron chi connectivity index (χ0n) is 11.5. The van der Waals surface area contributed by atoms with Gasteiger partial charge in [0.25, 0.3) is 0 Å². The number of nitrogens with zero attached hydrogens (tertiary/aromatic N) is 3. The SMILES string of the molecule is CCCOc1cncc(-c2ncnc(NC)c2C)c1. The summed E-state index contributed by atoms with van der Waals surface area (Å²) in [6, 6.07) is 1.96. The van der Waals surface area contributed by atoms with Crippen molar-refractivity contribution < 1.29 is 4.74 Å². The molecule has 0 radical (unpaired) electrons. The van der Waals surface area contributed by atoms with E-state index in [0.717, 1.165) is 34.8 Å². The topological polar surface area (TPSA) is 59.9 Å². The summed E-state index contributed by atoms with van der Waals surface area (Å²) in [5, 5.41) is 3.05. The molecule has 0 aliphatic heterocycles. The Morgan fingerprint density at radius 3 is 2.84 bits per heavy atom. The number of hydrogen-bond acceptors (Lipinski definition) is 5. The molecule has 100 valence electrons. The molecule has 2 heterocycles. The first-order chi connectivity index (χ1) is 9.26. The molecular formula is C14H18N4O. The van der Waals surface area contributed by atoms with Crippen LogP contribution in [0.5, 0.6) is 5.75 Å². The molecule has 0 bridgehead atoms. The molecule has 0 spiro atoms. The van der Waals surface area contributed by atoms with Crippen molar-refractivity contribution in [1.29, 1.82) is 0 Å². The van der Waals surface area contributed by atoms with Crippen molar-refractivity contribution in [2.45, 2.75) is 20.3 Å². The van der Waals surface area contributed by atoms with Crippen LogP contribution in [0.2, 0.25) is 0 Å². The number of pyridine rings is 1. The van der Waals surface area contributed by atoms with E-state index >= 15 is 0 Å². The Bertz CT molecular complexity index is 557. The third kappa shape index (κ3) is 2.99. The molecule has 19 heavy (non-hydrogen) atoms. The summed E-state index contributed by atoms with van der Waals surface area (Å²) < 4.78 is 5.59. The fraction of sp³-hybridized carbons (Fsp3) is 0.357. The second-order valence-corrected chi connectivity index (χ2v) is 4.20. The van der Waals surface area contributed by atoms with E-state index in [1.165, 1.54) is 0 Å². The van der Waals surface area contributed by atoms with Gasteiger partial charge in [-0.2, -0.15) is 0 Å². The maximum Gasteiger partial charge on any atom is 0.138 e. The monoisotopic (exact) mass is 258 g/mol. The van der Waals surface area contributed by atoms with Gasteiger partial charge in [-0.25, -0.2) is 9.97 Å². The fourth-order valence-electron chi connectivity index (χ4n) is 1.84. The molecule has 0 saturated carbocycles. The summed E-state index contributed by atoms with van der Waals surface area (Å²) >= 11 is 0. The summed E-state index contributed by atoms with van der Waals surface area (Å²) in [5.74, 6) is 1.59. The van der Waals surface area contributed by atoms with Gasteiger partial charge in [-0.1, -0.05) is 6.92 Å². The van der Waals surface area contributed by atoms with E-state index in [9.17, 15) is 0 Å². The van der Waals surface area contributed by atoms with E-state index in [0.29, 0.717) is 6.61 Å². The number of aromatic nitrogens is 3. The molecule has 0 atom stereocenters. The van der Waals surface area contributed by atoms with Crippen LogP contribution in [0, 0.1) is 6.92 Å². The molecule has 0 saturated heterocycles. The van der Waals surface area contributed by atoms with Crippen LogP contribution in [0.1, 0.15) is 18.9 Å². The summed E-state index contributed by atoms with van der Waals surface area (Å²) in [4.78, 5) is 12.7. The minimum Gasteiger partial charge on any atom is -0.492 e. The summed E-state index contributed by atoms with van der Waals surface area (Å²) in [5.41, 5.74) is 2.80. The average molecular weight is 258 g/mol. The molecule has 0 aliphatic carbocycles. The van der Waals surface area contributed by atoms with Crippen LogP contribution < -0.4 is 10.1 Å². The number of nitrogens with one attached hydrogen (secondary N) is 1. The fourth-order valence-corrected chi connectivity index (χ4v) is 1.84. The second kappa shape index (κ2) is 6.13. The van der Waals surface area contributed by atoms with Gasteiger partial charge >= 0.3 is 0 Å². The van der Waals surface area contributed by atoms with E-state index in [1.807, 2.05) is 20.0 Å². The molecule has 1 N–H and O–H groups in total. The van der Waals surface area contributed by atoms with Crippen LogP contribution >= 0.6 is 0 Å². The van der Waals surface area contributed by atoms with E-state index < -0.39 is 0 Å². The quantitative estimate of drug-likeness (QED) is 0.893. The van der Waals surface area contributed by atoms with Crippen molar-refractivity contribution in [2.75, 3.05) is 19.0 Å². The Balaban J connectivity index is 2.36. The van der Waals surface area contributed by atoms with Gasteiger partial charge in [0.05, 0.1) is 18.5 Å². The molecule has 0 amide bonds. The average Bonchev–Trinajstić information content (AvgIpc) is 2.45. The standard InChI is InChI=1S/C14H18N4O/c1-4-5-19-12-6-11(7-16-8-12)13-10(2)14(15-3)18-9-17-13/h6-9H,4-5H2,1-3H3,(H,15,17,18). The van der Waals surface area contributed by atoms with Gasteiger partial charge in [0.15, 0.2) is 0 Å². The summed E-state index contributed by atoms with van der Waals surface area (Å²) in [7, 11) is 1.85. The predicted octanol–water partition coefficient (Wildman–Crippen LogP) is 2.68. The maximum absolute atomic E-state index is 5.59. The minimum absolute atomic E-state index is 0.690. The minimum atomic E-state index is 0.690. The van der Waals surface area contributed by atoms with Gasteiger partial charge in [-0.3, -0.25) is 4.98 Å². The van der Waals surface area contributed by atoms with Gasteiger partial charge in [-0.05, 0) is 19.4 Å². The Kier molecular flexibility index (Phi) is 4.28. The van der Waals surface area contributed by atoms with E-state index in [2.05, 4.69) is 27.2 Å². The normalized spacial score (nSPS) is 10.3. The van der Waals surface area contributed by atoms with Crippen LogP contribution in [-0.4, -0.2) is 28.6 Å². The molecule has 0 aliphatic rings. The lowest BCUT2D eigenvalue weighted by atomic mass is 10.1. The van der Waals surface area contributed by atoms with Crippen molar-refractivity contribution in [3.8, 4) is 17.0 Å². The van der Waals surface area contributed by atoms with Crippen LogP contribution in [0.4, 0.5) is 5.82 Å². The highest BCUT2D eigenvalue weighted by Gasteiger charge is 2.09. The van der Waals surface area contributed by atoms with Gasteiger partial charge in [-0.15, -0.1) is 0 Å². The Labute approximate surface area is 113 Å². The molecule has 2 aromatic rings. The highest BCUT2D eigenvalue weighted by molar-refractivity contribution is 5.67. The number of rotatable bonds is 5. The Hall–Kier alpha value is -2.17. The van der Waals surface area contributed by atoms with Crippen LogP contribution in [0.3, 0.4) is 0 Å². The molecule has 0 aromatic carbocycles. The summed E-state index contributed by atoms with van der Waals surface area (Å²) in [6.07, 6.45) is 6.02. The molecule has 0 unspecified atom stereocenters. The van der Waals surface area contributed by atoms with E-state index in [1.54, 1.807) is 18.7 Å². The highest BCUT2D eigenvalue weighted by Crippen LogP contribution is 2.26. The summed E-state index contributed by atoms with van der Waals surface area (Å²) in [6.45, 7) is 4.75. The van der Waals surface area contributed by atoms with Crippen LogP contribution in [-0.2, 0) is 0 Å². The molecule has 2 aromatic heterocycles. The van der Waals surface area contributed by atoms with Gasteiger partial charge in [0.2, 0.25) is 0 Å². The van der Waals surface area contributed by atoms with Crippen molar-refractivity contribution >= 4 is 5.82 Å². The first-order valence-electron chi connectivity index (χ1n) is 6.33. The molecule has 0 fully saturated rings. The van der Waals surface area contributed by atoms with Crippen molar-refractivity contribution in [3.63, 3.8) is 0 Å². The third-order valence-corrected chi connectivity index (χ3v) is 2.78. The molecule has 2 rings (SSSR count). The lowest BCUT2D eigenvalue weighted by Crippen LogP contribution is -2.00. The van der Waals surface area contributed by atoms with Crippen molar-refractivity contribution in [2.24, 2.45) is 0 Å². The lowest BCUT2D eigenvalue weighted by Gasteiger charge is -2.10. The molecular weight excluding hydrogens is 240 g/mol. The van der Waals surface area contributed by atoms with Gasteiger partial charge in [0, 0.05) is 24.4 Å². The zero-order chi connectivity index (χ0) is 13.7. The Morgan fingerprint density at radius 1 is 1.26 bits per heavy atom. The van der Waals surface area contributed by atoms with Crippen molar-refractivity contribution in [1.82, 2.24) is 15.0 Å². The first-order valence-corrected chi connectivity index (χ1v) is 6.33. The number of ether oxygens (including phenoxy) is 1. The predicted molar refractivity (Wildman–Crippen MR) is 75.3 cm³/mol. The van der Waals surface area contributed by atoms with E-state index in [-0.39, 0.29) is 0 Å². The highest BCUT2D eigenvalue weighted by atomic mass is 16.5. The second-order valence-electron chi connectivity index (χ2n) is 4.20. The lowest BCUT2D eigenvalue weighted by molar-refractivity contribution is 0.316. The smallest absolute Gasteiger partial charge is 0.138 e. The largest absolute Gasteiger partial charge is 0.492 e. The Morgan fingerprint density at radius 2 is 2.11 bits per heavy atom. The molecule has 5 heteroatoms. The van der Waals surface area contributed by atoms with Crippen LogP contribution in [0.25, 0.3) is 11.3 Å². The van der Waals surface area contributed by atoms with Crippen LogP contribution in [0.15, 0.2) is 24.8 Å². The third-order valence-electron chi connectivity index (χ3n) is 2.78. The maximum atomic E-state index is 5.59. The first kappa shape index (κ1) is 13.3.